The Morgan fingerprint density at radius 3 is 2.12 bits per heavy atom. The van der Waals surface area contributed by atoms with E-state index in [9.17, 15) is 8.42 Å². The van der Waals surface area contributed by atoms with Crippen molar-refractivity contribution in [1.29, 1.82) is 0 Å². The van der Waals surface area contributed by atoms with Gasteiger partial charge in [0.05, 0.1) is 4.90 Å². The third-order valence-corrected chi connectivity index (χ3v) is 4.73. The number of benzene rings is 2. The van der Waals surface area contributed by atoms with Crippen LogP contribution in [0, 0.1) is 6.92 Å². The van der Waals surface area contributed by atoms with Gasteiger partial charge in [0.1, 0.15) is 0 Å². The van der Waals surface area contributed by atoms with E-state index in [-0.39, 0.29) is 0 Å². The van der Waals surface area contributed by atoms with Gasteiger partial charge in [-0.15, -0.1) is 0 Å². The lowest BCUT2D eigenvalue weighted by Gasteiger charge is -2.14. The van der Waals surface area contributed by atoms with Gasteiger partial charge in [-0.25, -0.2) is 12.7 Å². The van der Waals surface area contributed by atoms with Crippen LogP contribution in [-0.2, 0) is 10.0 Å². The van der Waals surface area contributed by atoms with Gasteiger partial charge in [-0.3, -0.25) is 0 Å². The minimum atomic E-state index is -3.39. The van der Waals surface area contributed by atoms with E-state index in [2.05, 4.69) is 0 Å². The molecule has 0 heterocycles. The Morgan fingerprint density at radius 1 is 0.941 bits per heavy atom. The molecule has 2 rings (SSSR count). The molecule has 0 atom stereocenters. The predicted octanol–water partition coefficient (Wildman–Crippen LogP) is 2.40. The summed E-state index contributed by atoms with van der Waals surface area (Å²) in [6.45, 7) is 1.98. The maximum Gasteiger partial charge on any atom is 0.243 e. The second-order valence-electron chi connectivity index (χ2n) is 4.21. The molecule has 3 nitrogen and oxygen atoms in total. The molecule has 0 unspecified atom stereocenters. The lowest BCUT2D eigenvalue weighted by atomic mass is 10.1. The molecule has 0 fully saturated rings. The fourth-order valence-corrected chi connectivity index (χ4v) is 2.93. The highest BCUT2D eigenvalue weighted by Gasteiger charge is 2.20. The smallest absolute Gasteiger partial charge is 0.207 e. The molecule has 0 saturated heterocycles. The average Bonchev–Trinajstić information content (AvgIpc) is 2.29. The average molecular weight is 249 g/mol. The number of rotatable bonds is 2. The van der Waals surface area contributed by atoms with Crippen molar-refractivity contribution >= 4 is 20.8 Å². The molecule has 90 valence electrons. The van der Waals surface area contributed by atoms with Gasteiger partial charge >= 0.3 is 0 Å². The summed E-state index contributed by atoms with van der Waals surface area (Å²) in [5.74, 6) is 0. The molecular weight excluding hydrogens is 234 g/mol. The molecule has 0 aliphatic carbocycles. The molecular formula is C13H15NO2S. The fraction of sp³-hybridized carbons (Fsp3) is 0.231. The Hall–Kier alpha value is -1.39. The summed E-state index contributed by atoms with van der Waals surface area (Å²) in [5, 5.41) is 1.76. The van der Waals surface area contributed by atoms with E-state index in [1.807, 2.05) is 37.3 Å². The molecule has 17 heavy (non-hydrogen) atoms. The third-order valence-electron chi connectivity index (χ3n) is 2.86. The zero-order chi connectivity index (χ0) is 12.6. The molecule has 0 aliphatic heterocycles. The van der Waals surface area contributed by atoms with Crippen molar-refractivity contribution in [1.82, 2.24) is 4.31 Å². The first kappa shape index (κ1) is 12.1. The highest BCUT2D eigenvalue weighted by Crippen LogP contribution is 2.27. The predicted molar refractivity (Wildman–Crippen MR) is 69.6 cm³/mol. The molecule has 0 aliphatic rings. The van der Waals surface area contributed by atoms with Gasteiger partial charge in [0, 0.05) is 19.5 Å². The van der Waals surface area contributed by atoms with Crippen LogP contribution in [0.3, 0.4) is 0 Å². The van der Waals surface area contributed by atoms with E-state index < -0.39 is 10.0 Å². The standard InChI is InChI=1S/C13H15NO2S/c1-10-8-9-13(17(15,16)14(2)3)12-7-5-4-6-11(10)12/h4-9H,1-3H3. The van der Waals surface area contributed by atoms with E-state index in [0.29, 0.717) is 4.90 Å². The van der Waals surface area contributed by atoms with E-state index in [1.165, 1.54) is 4.31 Å². The summed E-state index contributed by atoms with van der Waals surface area (Å²) in [6.07, 6.45) is 0. The van der Waals surface area contributed by atoms with Crippen LogP contribution in [0.15, 0.2) is 41.3 Å². The van der Waals surface area contributed by atoms with Crippen LogP contribution in [0.4, 0.5) is 0 Å². The number of aryl methyl sites for hydroxylation is 1. The molecule has 0 spiro atoms. The zero-order valence-electron chi connectivity index (χ0n) is 10.1. The van der Waals surface area contributed by atoms with Gasteiger partial charge in [-0.1, -0.05) is 30.3 Å². The van der Waals surface area contributed by atoms with Gasteiger partial charge in [-0.2, -0.15) is 0 Å². The van der Waals surface area contributed by atoms with Crippen LogP contribution in [-0.4, -0.2) is 26.8 Å². The lowest BCUT2D eigenvalue weighted by molar-refractivity contribution is 0.521. The van der Waals surface area contributed by atoms with Gasteiger partial charge < -0.3 is 0 Å². The second-order valence-corrected chi connectivity index (χ2v) is 6.33. The first-order valence-corrected chi connectivity index (χ1v) is 6.79. The summed E-state index contributed by atoms with van der Waals surface area (Å²) in [7, 11) is -0.296. The topological polar surface area (TPSA) is 37.4 Å². The molecule has 0 amide bonds. The van der Waals surface area contributed by atoms with Crippen LogP contribution < -0.4 is 0 Å². The van der Waals surface area contributed by atoms with Crippen molar-refractivity contribution in [2.45, 2.75) is 11.8 Å². The first-order chi connectivity index (χ1) is 7.94. The van der Waals surface area contributed by atoms with Gasteiger partial charge in [-0.05, 0) is 23.9 Å². The SMILES string of the molecule is Cc1ccc(S(=O)(=O)N(C)C)c2ccccc12. The van der Waals surface area contributed by atoms with E-state index in [1.54, 1.807) is 20.2 Å². The van der Waals surface area contributed by atoms with Crippen molar-refractivity contribution in [3.63, 3.8) is 0 Å². The molecule has 0 radical (unpaired) electrons. The van der Waals surface area contributed by atoms with Crippen LogP contribution in [0.2, 0.25) is 0 Å². The Kier molecular flexibility index (Phi) is 2.93. The second kappa shape index (κ2) is 4.13. The molecule has 0 bridgehead atoms. The lowest BCUT2D eigenvalue weighted by Crippen LogP contribution is -2.22. The summed E-state index contributed by atoms with van der Waals surface area (Å²) in [6, 6.07) is 11.1. The highest BCUT2D eigenvalue weighted by molar-refractivity contribution is 7.89. The van der Waals surface area contributed by atoms with Gasteiger partial charge in [0.25, 0.3) is 0 Å². The van der Waals surface area contributed by atoms with E-state index >= 15 is 0 Å². The summed E-state index contributed by atoms with van der Waals surface area (Å²) in [5.41, 5.74) is 1.08. The molecule has 0 saturated carbocycles. The van der Waals surface area contributed by atoms with E-state index in [4.69, 9.17) is 0 Å². The molecule has 0 aromatic heterocycles. The van der Waals surface area contributed by atoms with Crippen LogP contribution >= 0.6 is 0 Å². The van der Waals surface area contributed by atoms with E-state index in [0.717, 1.165) is 16.3 Å². The maximum atomic E-state index is 12.2. The minimum Gasteiger partial charge on any atom is -0.207 e. The minimum absolute atomic E-state index is 0.365. The molecule has 2 aromatic carbocycles. The number of hydrogen-bond acceptors (Lipinski definition) is 2. The van der Waals surface area contributed by atoms with Gasteiger partial charge in [0.2, 0.25) is 10.0 Å². The summed E-state index contributed by atoms with van der Waals surface area (Å²) < 4.78 is 25.6. The molecule has 0 N–H and O–H groups in total. The highest BCUT2D eigenvalue weighted by atomic mass is 32.2. The quantitative estimate of drug-likeness (QED) is 0.819. The maximum absolute atomic E-state index is 12.2. The normalized spacial score (nSPS) is 12.2. The first-order valence-electron chi connectivity index (χ1n) is 5.35. The number of nitrogens with zero attached hydrogens (tertiary/aromatic N) is 1. The van der Waals surface area contributed by atoms with Crippen molar-refractivity contribution in [2.75, 3.05) is 14.1 Å². The third kappa shape index (κ3) is 1.94. The van der Waals surface area contributed by atoms with Crippen LogP contribution in [0.1, 0.15) is 5.56 Å². The summed E-state index contributed by atoms with van der Waals surface area (Å²) >= 11 is 0. The Balaban J connectivity index is 2.86. The summed E-state index contributed by atoms with van der Waals surface area (Å²) in [4.78, 5) is 0.365. The number of fused-ring (bicyclic) bond motifs is 1. The number of sulfonamides is 1. The van der Waals surface area contributed by atoms with Crippen molar-refractivity contribution in [3.8, 4) is 0 Å². The molecule has 4 heteroatoms. The van der Waals surface area contributed by atoms with Gasteiger partial charge in [0.15, 0.2) is 0 Å². The van der Waals surface area contributed by atoms with Crippen molar-refractivity contribution < 1.29 is 8.42 Å². The Morgan fingerprint density at radius 2 is 1.53 bits per heavy atom. The number of hydrogen-bond donors (Lipinski definition) is 0. The zero-order valence-corrected chi connectivity index (χ0v) is 11.0. The largest absolute Gasteiger partial charge is 0.243 e. The van der Waals surface area contributed by atoms with Crippen LogP contribution in [0.5, 0.6) is 0 Å². The fourth-order valence-electron chi connectivity index (χ4n) is 1.84. The Labute approximate surface area is 102 Å². The Bertz CT molecular complexity index is 660. The van der Waals surface area contributed by atoms with Crippen molar-refractivity contribution in [3.05, 3.63) is 42.0 Å². The molecule has 2 aromatic rings. The monoisotopic (exact) mass is 249 g/mol. The van der Waals surface area contributed by atoms with Crippen molar-refractivity contribution in [2.24, 2.45) is 0 Å². The van der Waals surface area contributed by atoms with Crippen LogP contribution in [0.25, 0.3) is 10.8 Å².